The first-order valence-electron chi connectivity index (χ1n) is 12.8. The van der Waals surface area contributed by atoms with Crippen LogP contribution < -0.4 is 0 Å². The van der Waals surface area contributed by atoms with Crippen molar-refractivity contribution in [1.29, 1.82) is 0 Å². The van der Waals surface area contributed by atoms with Crippen LogP contribution in [0.5, 0.6) is 0 Å². The van der Waals surface area contributed by atoms with Gasteiger partial charge in [-0.1, -0.05) is 83.1 Å². The zero-order valence-electron chi connectivity index (χ0n) is 21.5. The number of carbonyl (C=O) groups excluding carboxylic acids is 4. The maximum Gasteiger partial charge on any atom is 0.329 e. The molecular weight excluding hydrogens is 454 g/mol. The Kier molecular flexibility index (Phi) is 5.89. The van der Waals surface area contributed by atoms with E-state index >= 15 is 0 Å². The summed E-state index contributed by atoms with van der Waals surface area (Å²) >= 11 is 0. The molecule has 2 bridgehead atoms. The molecule has 6 heteroatoms. The summed E-state index contributed by atoms with van der Waals surface area (Å²) in [4.78, 5) is 54.9. The van der Waals surface area contributed by atoms with Crippen LogP contribution in [0.25, 0.3) is 0 Å². The van der Waals surface area contributed by atoms with E-state index in [1.54, 1.807) is 20.8 Å². The topological polar surface area (TPSA) is 80.8 Å². The quantitative estimate of drug-likeness (QED) is 0.444. The Morgan fingerprint density at radius 2 is 1.25 bits per heavy atom. The summed E-state index contributed by atoms with van der Waals surface area (Å²) in [7, 11) is 0. The highest BCUT2D eigenvalue weighted by atomic mass is 16.5. The highest BCUT2D eigenvalue weighted by molar-refractivity contribution is 6.10. The standard InChI is InChI=1S/C30H33NO5/c1-16(2)14-21(29(35)36-15-22(32)30(3,4)5)31-27(33)25-23-17-10-6-7-11-18(17)24(26(25)28(31)34)20-13-9-8-12-19(20)23/h6-13,16,21,23-26H,14-15H2,1-5H3/t21-,23?,24?,25-,26+/m1/s1. The molecule has 2 aromatic rings. The minimum atomic E-state index is -1.05. The van der Waals surface area contributed by atoms with Crippen LogP contribution in [-0.2, 0) is 23.9 Å². The molecule has 2 aromatic carbocycles. The van der Waals surface area contributed by atoms with E-state index in [4.69, 9.17) is 4.74 Å². The largest absolute Gasteiger partial charge is 0.456 e. The van der Waals surface area contributed by atoms with Crippen LogP contribution in [0.2, 0.25) is 0 Å². The van der Waals surface area contributed by atoms with Crippen molar-refractivity contribution in [2.75, 3.05) is 6.61 Å². The van der Waals surface area contributed by atoms with Gasteiger partial charge in [-0.2, -0.15) is 0 Å². The van der Waals surface area contributed by atoms with Crippen molar-refractivity contribution >= 4 is 23.6 Å². The second-order valence-corrected chi connectivity index (χ2v) is 11.7. The fraction of sp³-hybridized carbons (Fsp3) is 0.467. The van der Waals surface area contributed by atoms with Crippen LogP contribution in [0, 0.1) is 23.2 Å². The Hall–Kier alpha value is -3.28. The van der Waals surface area contributed by atoms with Gasteiger partial charge in [0.15, 0.2) is 12.4 Å². The predicted molar refractivity (Wildman–Crippen MR) is 134 cm³/mol. The van der Waals surface area contributed by atoms with E-state index in [-0.39, 0.29) is 48.4 Å². The van der Waals surface area contributed by atoms with Crippen LogP contribution >= 0.6 is 0 Å². The maximum atomic E-state index is 14.0. The lowest BCUT2D eigenvalue weighted by atomic mass is 9.55. The second-order valence-electron chi connectivity index (χ2n) is 11.7. The number of likely N-dealkylation sites (tertiary alicyclic amines) is 1. The number of hydrogen-bond acceptors (Lipinski definition) is 5. The summed E-state index contributed by atoms with van der Waals surface area (Å²) < 4.78 is 5.41. The number of ketones is 1. The molecule has 2 amide bonds. The molecule has 3 atom stereocenters. The number of hydrogen-bond donors (Lipinski definition) is 0. The van der Waals surface area contributed by atoms with Gasteiger partial charge in [-0.05, 0) is 34.6 Å². The molecule has 1 aliphatic heterocycles. The van der Waals surface area contributed by atoms with Gasteiger partial charge in [0, 0.05) is 17.3 Å². The summed E-state index contributed by atoms with van der Waals surface area (Å²) in [6, 6.07) is 15.1. The lowest BCUT2D eigenvalue weighted by molar-refractivity contribution is -0.161. The van der Waals surface area contributed by atoms with Gasteiger partial charge in [0.25, 0.3) is 0 Å². The van der Waals surface area contributed by atoms with Gasteiger partial charge in [-0.3, -0.25) is 19.3 Å². The molecule has 188 valence electrons. The fourth-order valence-electron chi connectivity index (χ4n) is 6.21. The molecule has 3 aliphatic carbocycles. The molecule has 4 aliphatic rings. The van der Waals surface area contributed by atoms with E-state index in [0.717, 1.165) is 22.3 Å². The van der Waals surface area contributed by atoms with Crippen molar-refractivity contribution in [3.63, 3.8) is 0 Å². The summed E-state index contributed by atoms with van der Waals surface area (Å²) in [5, 5.41) is 0. The van der Waals surface area contributed by atoms with Crippen molar-refractivity contribution in [3.05, 3.63) is 70.8 Å². The van der Waals surface area contributed by atoms with Crippen molar-refractivity contribution in [2.45, 2.75) is 58.9 Å². The van der Waals surface area contributed by atoms with Gasteiger partial charge in [0.05, 0.1) is 11.8 Å². The SMILES string of the molecule is CC(C)C[C@H](C(=O)OCC(=O)C(C)(C)C)N1C(=O)[C@@H]2C3c4ccccc4C(c4ccccc43)[C@@H]2C1=O. The number of imide groups is 1. The number of esters is 1. The lowest BCUT2D eigenvalue weighted by Crippen LogP contribution is -2.47. The number of Topliss-reactive ketones (excluding diaryl/α,β-unsaturated/α-hetero) is 1. The second kappa shape index (κ2) is 8.68. The van der Waals surface area contributed by atoms with Gasteiger partial charge < -0.3 is 4.74 Å². The fourth-order valence-corrected chi connectivity index (χ4v) is 6.21. The van der Waals surface area contributed by atoms with Crippen LogP contribution in [-0.4, -0.2) is 41.1 Å². The van der Waals surface area contributed by atoms with Crippen LogP contribution in [0.15, 0.2) is 48.5 Å². The monoisotopic (exact) mass is 487 g/mol. The molecule has 0 aromatic heterocycles. The molecule has 0 unspecified atom stereocenters. The molecule has 1 saturated heterocycles. The summed E-state index contributed by atoms with van der Waals surface area (Å²) in [5.74, 6) is -3.05. The molecular formula is C30H33NO5. The zero-order valence-corrected chi connectivity index (χ0v) is 21.5. The Bertz CT molecular complexity index is 1140. The Balaban J connectivity index is 1.52. The molecule has 1 fully saturated rings. The minimum absolute atomic E-state index is 0.0372. The Morgan fingerprint density at radius 1 is 0.833 bits per heavy atom. The summed E-state index contributed by atoms with van der Waals surface area (Å²) in [5.41, 5.74) is 3.69. The first kappa shape index (κ1) is 24.4. The normalized spacial score (nSPS) is 24.9. The Morgan fingerprint density at radius 3 is 1.61 bits per heavy atom. The van der Waals surface area contributed by atoms with E-state index in [1.807, 2.05) is 38.1 Å². The van der Waals surface area contributed by atoms with E-state index in [9.17, 15) is 19.2 Å². The smallest absolute Gasteiger partial charge is 0.329 e. The summed E-state index contributed by atoms with van der Waals surface area (Å²) in [6.45, 7) is 8.79. The average Bonchev–Trinajstić information content (AvgIpc) is 3.10. The van der Waals surface area contributed by atoms with Crippen molar-refractivity contribution in [3.8, 4) is 0 Å². The van der Waals surface area contributed by atoms with Crippen molar-refractivity contribution in [2.24, 2.45) is 23.2 Å². The lowest BCUT2D eigenvalue weighted by Gasteiger charge is -2.45. The first-order chi connectivity index (χ1) is 17.0. The van der Waals surface area contributed by atoms with Crippen LogP contribution in [0.3, 0.4) is 0 Å². The van der Waals surface area contributed by atoms with Crippen LogP contribution in [0.1, 0.15) is 75.1 Å². The molecule has 36 heavy (non-hydrogen) atoms. The van der Waals surface area contributed by atoms with E-state index < -0.39 is 29.3 Å². The number of nitrogens with zero attached hydrogens (tertiary/aromatic N) is 1. The first-order valence-corrected chi connectivity index (χ1v) is 12.8. The molecule has 0 radical (unpaired) electrons. The van der Waals surface area contributed by atoms with Gasteiger partial charge in [-0.15, -0.1) is 0 Å². The predicted octanol–water partition coefficient (Wildman–Crippen LogP) is 4.45. The maximum absolute atomic E-state index is 14.0. The molecule has 0 N–H and O–H groups in total. The van der Waals surface area contributed by atoms with Gasteiger partial charge in [0.1, 0.15) is 6.04 Å². The highest BCUT2D eigenvalue weighted by Crippen LogP contribution is 2.61. The summed E-state index contributed by atoms with van der Waals surface area (Å²) in [6.07, 6.45) is 0.286. The number of amides is 2. The molecule has 6 rings (SSSR count). The van der Waals surface area contributed by atoms with Gasteiger partial charge in [-0.25, -0.2) is 4.79 Å². The third kappa shape index (κ3) is 3.69. The number of rotatable bonds is 6. The van der Waals surface area contributed by atoms with E-state index in [1.165, 1.54) is 4.90 Å². The number of ether oxygens (including phenoxy) is 1. The van der Waals surface area contributed by atoms with Gasteiger partial charge in [0.2, 0.25) is 11.8 Å². The van der Waals surface area contributed by atoms with Crippen molar-refractivity contribution in [1.82, 2.24) is 4.90 Å². The number of carbonyl (C=O) groups is 4. The van der Waals surface area contributed by atoms with E-state index in [0.29, 0.717) is 0 Å². The third-order valence-electron chi connectivity index (χ3n) is 7.94. The highest BCUT2D eigenvalue weighted by Gasteiger charge is 2.63. The molecule has 0 spiro atoms. The minimum Gasteiger partial charge on any atom is -0.456 e. The zero-order chi connectivity index (χ0) is 25.9. The van der Waals surface area contributed by atoms with Gasteiger partial charge >= 0.3 is 5.97 Å². The number of benzene rings is 2. The molecule has 6 nitrogen and oxygen atoms in total. The Labute approximate surface area is 212 Å². The van der Waals surface area contributed by atoms with E-state index in [2.05, 4.69) is 24.3 Å². The molecule has 0 saturated carbocycles. The third-order valence-corrected chi connectivity index (χ3v) is 7.94. The molecule has 1 heterocycles. The van der Waals surface area contributed by atoms with Crippen LogP contribution in [0.4, 0.5) is 0 Å². The van der Waals surface area contributed by atoms with Crippen molar-refractivity contribution < 1.29 is 23.9 Å². The average molecular weight is 488 g/mol.